The molecule has 5 atom stereocenters. The van der Waals surface area contributed by atoms with E-state index in [0.717, 1.165) is 6.92 Å². The Morgan fingerprint density at radius 2 is 1.30 bits per heavy atom. The monoisotopic (exact) mass is 477 g/mol. The van der Waals surface area contributed by atoms with E-state index in [1.54, 1.807) is 0 Å². The van der Waals surface area contributed by atoms with Crippen LogP contribution >= 0.6 is 0 Å². The number of carbonyl (C=O) groups is 7. The number of carboxylic acid groups (broad SMARTS) is 3. The van der Waals surface area contributed by atoms with Crippen LogP contribution in [0.1, 0.15) is 32.6 Å². The summed E-state index contributed by atoms with van der Waals surface area (Å²) >= 11 is 0. The van der Waals surface area contributed by atoms with Gasteiger partial charge in [-0.15, -0.1) is 0 Å². The minimum absolute atomic E-state index is 0.403. The van der Waals surface area contributed by atoms with Crippen LogP contribution in [-0.2, 0) is 33.6 Å². The predicted molar refractivity (Wildman–Crippen MR) is 106 cm³/mol. The predicted octanol–water partition coefficient (Wildman–Crippen LogP) is -4.55. The summed E-state index contributed by atoms with van der Waals surface area (Å²) in [5.41, 5.74) is 10.3. The van der Waals surface area contributed by atoms with Crippen LogP contribution in [0.4, 0.5) is 0 Å². The number of aliphatic hydroxyl groups excluding tert-OH is 1. The third-order valence-corrected chi connectivity index (χ3v) is 4.10. The lowest BCUT2D eigenvalue weighted by Gasteiger charge is -2.25. The molecule has 0 saturated carbocycles. The maximum absolute atomic E-state index is 12.5. The van der Waals surface area contributed by atoms with Crippen LogP contribution in [0.15, 0.2) is 0 Å². The van der Waals surface area contributed by atoms with Crippen molar-refractivity contribution in [1.29, 1.82) is 0 Å². The van der Waals surface area contributed by atoms with E-state index in [1.165, 1.54) is 0 Å². The number of nitrogens with two attached hydrogens (primary N) is 2. The second kappa shape index (κ2) is 13.6. The average Bonchev–Trinajstić information content (AvgIpc) is 2.66. The van der Waals surface area contributed by atoms with E-state index in [0.29, 0.717) is 0 Å². The van der Waals surface area contributed by atoms with Gasteiger partial charge in [-0.3, -0.25) is 28.8 Å². The van der Waals surface area contributed by atoms with E-state index in [2.05, 4.69) is 0 Å². The molecule has 186 valence electrons. The number of nitrogens with one attached hydrogen (secondary N) is 3. The zero-order valence-corrected chi connectivity index (χ0v) is 17.5. The van der Waals surface area contributed by atoms with Crippen molar-refractivity contribution in [3.63, 3.8) is 0 Å². The normalized spacial score (nSPS) is 15.1. The van der Waals surface area contributed by atoms with Gasteiger partial charge in [-0.25, -0.2) is 4.79 Å². The summed E-state index contributed by atoms with van der Waals surface area (Å²) < 4.78 is 0. The maximum Gasteiger partial charge on any atom is 0.326 e. The number of carbonyl (C=O) groups excluding carboxylic acids is 4. The zero-order valence-electron chi connectivity index (χ0n) is 17.5. The van der Waals surface area contributed by atoms with Gasteiger partial charge >= 0.3 is 17.9 Å². The lowest BCUT2D eigenvalue weighted by Crippen LogP contribution is -2.60. The highest BCUT2D eigenvalue weighted by Crippen LogP contribution is 2.03. The van der Waals surface area contributed by atoms with Crippen molar-refractivity contribution in [2.45, 2.75) is 62.9 Å². The van der Waals surface area contributed by atoms with Crippen molar-refractivity contribution >= 4 is 41.5 Å². The minimum atomic E-state index is -1.84. The largest absolute Gasteiger partial charge is 0.481 e. The van der Waals surface area contributed by atoms with Gasteiger partial charge < -0.3 is 47.8 Å². The van der Waals surface area contributed by atoms with Crippen molar-refractivity contribution in [1.82, 2.24) is 16.0 Å². The quantitative estimate of drug-likeness (QED) is 0.108. The van der Waals surface area contributed by atoms with Crippen LogP contribution in [-0.4, -0.2) is 92.2 Å². The maximum atomic E-state index is 12.5. The smallest absolute Gasteiger partial charge is 0.326 e. The summed E-state index contributed by atoms with van der Waals surface area (Å²) in [6.07, 6.45) is -4.18. The molecule has 0 bridgehead atoms. The standard InChI is InChI=1S/C17H27N5O11/c1-6(23)13(22-14(29)7(18)4-11(25)26)16(31)21-9(5-12(27)28)15(30)20-8(17(32)33)2-3-10(19)24/h6-9,13,23H,2-5,18H2,1H3,(H2,19,24)(H,20,30)(H,21,31)(H,22,29)(H,25,26)(H,27,28)(H,32,33). The number of amides is 4. The van der Waals surface area contributed by atoms with Crippen LogP contribution in [0.3, 0.4) is 0 Å². The molecule has 0 radical (unpaired) electrons. The summed E-state index contributed by atoms with van der Waals surface area (Å²) in [4.78, 5) is 80.8. The van der Waals surface area contributed by atoms with Gasteiger partial charge in [0.2, 0.25) is 23.6 Å². The molecular weight excluding hydrogens is 450 g/mol. The van der Waals surface area contributed by atoms with Gasteiger partial charge in [0, 0.05) is 6.42 Å². The van der Waals surface area contributed by atoms with Crippen LogP contribution in [0.5, 0.6) is 0 Å². The highest BCUT2D eigenvalue weighted by atomic mass is 16.4. The summed E-state index contributed by atoms with van der Waals surface area (Å²) in [6, 6.07) is -6.79. The van der Waals surface area contributed by atoms with Crippen molar-refractivity contribution in [3.8, 4) is 0 Å². The molecule has 0 spiro atoms. The molecule has 0 aromatic carbocycles. The van der Waals surface area contributed by atoms with Crippen LogP contribution in [0.2, 0.25) is 0 Å². The Morgan fingerprint density at radius 1 is 0.788 bits per heavy atom. The van der Waals surface area contributed by atoms with E-state index in [1.807, 2.05) is 16.0 Å². The number of rotatable bonds is 15. The molecule has 16 heteroatoms. The molecule has 0 aliphatic carbocycles. The third kappa shape index (κ3) is 11.4. The van der Waals surface area contributed by atoms with Crippen molar-refractivity contribution in [2.24, 2.45) is 11.5 Å². The van der Waals surface area contributed by atoms with Gasteiger partial charge in [0.1, 0.15) is 18.1 Å². The molecule has 0 aromatic heterocycles. The fourth-order valence-corrected chi connectivity index (χ4v) is 2.41. The summed E-state index contributed by atoms with van der Waals surface area (Å²) in [7, 11) is 0. The Bertz CT molecular complexity index is 785. The first-order valence-corrected chi connectivity index (χ1v) is 9.45. The highest BCUT2D eigenvalue weighted by molar-refractivity contribution is 5.96. The van der Waals surface area contributed by atoms with E-state index in [9.17, 15) is 38.7 Å². The Kier molecular flexibility index (Phi) is 12.0. The van der Waals surface area contributed by atoms with Gasteiger partial charge in [0.15, 0.2) is 0 Å². The molecule has 16 nitrogen and oxygen atoms in total. The molecule has 0 fully saturated rings. The number of hydrogen-bond acceptors (Lipinski definition) is 9. The molecule has 0 aromatic rings. The van der Waals surface area contributed by atoms with Gasteiger partial charge in [0.05, 0.1) is 25.0 Å². The van der Waals surface area contributed by atoms with Crippen molar-refractivity contribution in [2.75, 3.05) is 0 Å². The Balaban J connectivity index is 5.47. The molecule has 5 unspecified atom stereocenters. The second-order valence-corrected chi connectivity index (χ2v) is 6.99. The Hall–Kier alpha value is -3.79. The van der Waals surface area contributed by atoms with E-state index < -0.39 is 97.5 Å². The third-order valence-electron chi connectivity index (χ3n) is 4.10. The van der Waals surface area contributed by atoms with Gasteiger partial charge in [-0.1, -0.05) is 0 Å². The minimum Gasteiger partial charge on any atom is -0.481 e. The Morgan fingerprint density at radius 3 is 1.73 bits per heavy atom. The molecule has 33 heavy (non-hydrogen) atoms. The van der Waals surface area contributed by atoms with Gasteiger partial charge in [-0.2, -0.15) is 0 Å². The lowest BCUT2D eigenvalue weighted by atomic mass is 10.1. The van der Waals surface area contributed by atoms with E-state index in [4.69, 9.17) is 26.8 Å². The number of carboxylic acids is 3. The summed E-state index contributed by atoms with van der Waals surface area (Å²) in [6.45, 7) is 1.07. The molecule has 0 heterocycles. The van der Waals surface area contributed by atoms with Gasteiger partial charge in [-0.05, 0) is 13.3 Å². The average molecular weight is 477 g/mol. The number of aliphatic hydroxyl groups is 1. The molecular formula is C17H27N5O11. The topological polar surface area (TPSA) is 289 Å². The molecule has 0 rings (SSSR count). The fourth-order valence-electron chi connectivity index (χ4n) is 2.41. The second-order valence-electron chi connectivity index (χ2n) is 6.99. The molecule has 0 aliphatic heterocycles. The Labute approximate surface area is 186 Å². The number of aliphatic carboxylic acids is 3. The van der Waals surface area contributed by atoms with Crippen molar-refractivity contribution < 1.29 is 54.0 Å². The summed E-state index contributed by atoms with van der Waals surface area (Å²) in [5.74, 6) is -8.94. The van der Waals surface area contributed by atoms with Crippen molar-refractivity contribution in [3.05, 3.63) is 0 Å². The van der Waals surface area contributed by atoms with E-state index in [-0.39, 0.29) is 0 Å². The SMILES string of the molecule is CC(O)C(NC(=O)C(N)CC(=O)O)C(=O)NC(CC(=O)O)C(=O)NC(CCC(N)=O)C(=O)O. The van der Waals surface area contributed by atoms with Crippen LogP contribution in [0.25, 0.3) is 0 Å². The first kappa shape index (κ1) is 29.2. The number of primary amides is 1. The van der Waals surface area contributed by atoms with Crippen LogP contribution in [0, 0.1) is 0 Å². The molecule has 11 N–H and O–H groups in total. The molecule has 0 saturated heterocycles. The number of hydrogen-bond donors (Lipinski definition) is 9. The lowest BCUT2D eigenvalue weighted by molar-refractivity contribution is -0.144. The zero-order chi connectivity index (χ0) is 25.9. The first-order chi connectivity index (χ1) is 15.1. The van der Waals surface area contributed by atoms with Gasteiger partial charge in [0.25, 0.3) is 0 Å². The molecule has 0 aliphatic rings. The van der Waals surface area contributed by atoms with E-state index >= 15 is 0 Å². The van der Waals surface area contributed by atoms with Crippen LogP contribution < -0.4 is 27.4 Å². The fraction of sp³-hybridized carbons (Fsp3) is 0.588. The highest BCUT2D eigenvalue weighted by Gasteiger charge is 2.33. The summed E-state index contributed by atoms with van der Waals surface area (Å²) in [5, 5.41) is 42.6. The molecule has 4 amide bonds. The first-order valence-electron chi connectivity index (χ1n) is 9.45.